The van der Waals surface area contributed by atoms with Crippen LogP contribution in [0.5, 0.6) is 0 Å². The first-order valence-electron chi connectivity index (χ1n) is 5.46. The highest BCUT2D eigenvalue weighted by Crippen LogP contribution is 2.27. The van der Waals surface area contributed by atoms with Crippen LogP contribution in [-0.4, -0.2) is 32.8 Å². The monoisotopic (exact) mass is 239 g/mol. The highest BCUT2D eigenvalue weighted by Gasteiger charge is 2.22. The molecule has 5 heteroatoms. The topological polar surface area (TPSA) is 59.2 Å². The summed E-state index contributed by atoms with van der Waals surface area (Å²) < 4.78 is 13.3. The van der Waals surface area contributed by atoms with E-state index in [9.17, 15) is 4.21 Å². The quantitative estimate of drug-likeness (QED) is 0.842. The number of nitrogen functional groups attached to an aromatic ring is 1. The molecule has 2 rings (SSSR count). The van der Waals surface area contributed by atoms with Crippen molar-refractivity contribution in [3.05, 3.63) is 23.9 Å². The number of piperidine rings is 1. The number of hydrogen-bond donors (Lipinski definition) is 1. The summed E-state index contributed by atoms with van der Waals surface area (Å²) in [6.07, 6.45) is 5.69. The molecule has 0 radical (unpaired) electrons. The lowest BCUT2D eigenvalue weighted by Gasteiger charge is -2.29. The molecule has 0 bridgehead atoms. The van der Waals surface area contributed by atoms with Crippen molar-refractivity contribution in [2.45, 2.75) is 18.8 Å². The fourth-order valence-corrected chi connectivity index (χ4v) is 2.83. The molecule has 1 aliphatic rings. The third-order valence-corrected chi connectivity index (χ3v) is 4.19. The number of pyridine rings is 1. The predicted molar refractivity (Wildman–Crippen MR) is 66.3 cm³/mol. The lowest BCUT2D eigenvalue weighted by Crippen LogP contribution is -2.33. The Morgan fingerprint density at radius 1 is 1.44 bits per heavy atom. The van der Waals surface area contributed by atoms with Gasteiger partial charge in [0, 0.05) is 25.5 Å². The van der Waals surface area contributed by atoms with E-state index in [1.165, 1.54) is 5.56 Å². The largest absolute Gasteiger partial charge is 0.384 e. The maximum absolute atomic E-state index is 11.3. The second-order valence-corrected chi connectivity index (χ2v) is 5.51. The van der Waals surface area contributed by atoms with Gasteiger partial charge >= 0.3 is 0 Å². The van der Waals surface area contributed by atoms with Gasteiger partial charge in [0.05, 0.1) is 11.0 Å². The van der Waals surface area contributed by atoms with Gasteiger partial charge in [-0.2, -0.15) is 0 Å². The molecule has 2 heterocycles. The summed E-state index contributed by atoms with van der Waals surface area (Å²) in [6.45, 7) is 1.80. The lowest BCUT2D eigenvalue weighted by atomic mass is 9.91. The molecular weight excluding hydrogens is 222 g/mol. The van der Waals surface area contributed by atoms with E-state index in [1.807, 2.05) is 22.6 Å². The Morgan fingerprint density at radius 3 is 2.62 bits per heavy atom. The molecule has 1 saturated heterocycles. The first kappa shape index (κ1) is 11.5. The maximum Gasteiger partial charge on any atom is 0.123 e. The van der Waals surface area contributed by atoms with Crippen molar-refractivity contribution in [3.63, 3.8) is 0 Å². The number of hydrogen-bond acceptors (Lipinski definition) is 3. The molecule has 0 amide bonds. The summed E-state index contributed by atoms with van der Waals surface area (Å²) in [4.78, 5) is 4.11. The minimum atomic E-state index is -0.829. The zero-order valence-electron chi connectivity index (χ0n) is 9.43. The summed E-state index contributed by atoms with van der Waals surface area (Å²) in [5, 5.41) is 0. The molecular formula is C11H17N3OS. The molecule has 4 nitrogen and oxygen atoms in total. The number of anilines is 1. The first-order valence-corrected chi connectivity index (χ1v) is 6.98. The third kappa shape index (κ3) is 2.59. The second kappa shape index (κ2) is 4.93. The van der Waals surface area contributed by atoms with Crippen LogP contribution < -0.4 is 5.73 Å². The molecule has 2 N–H and O–H groups in total. The molecule has 1 aromatic rings. The normalized spacial score (nSPS) is 20.8. The summed E-state index contributed by atoms with van der Waals surface area (Å²) in [7, 11) is -0.829. The van der Waals surface area contributed by atoms with Gasteiger partial charge in [-0.3, -0.25) is 0 Å². The van der Waals surface area contributed by atoms with Crippen LogP contribution in [0.2, 0.25) is 0 Å². The Balaban J connectivity index is 1.99. The van der Waals surface area contributed by atoms with Gasteiger partial charge in [0.25, 0.3) is 0 Å². The highest BCUT2D eigenvalue weighted by molar-refractivity contribution is 7.81. The van der Waals surface area contributed by atoms with Crippen LogP contribution in [-0.2, 0) is 11.0 Å². The molecule has 1 unspecified atom stereocenters. The van der Waals surface area contributed by atoms with E-state index >= 15 is 0 Å². The first-order chi connectivity index (χ1) is 7.66. The summed E-state index contributed by atoms with van der Waals surface area (Å²) >= 11 is 0. The number of nitrogens with two attached hydrogens (primary N) is 1. The van der Waals surface area contributed by atoms with Gasteiger partial charge < -0.3 is 5.73 Å². The van der Waals surface area contributed by atoms with Gasteiger partial charge in [-0.25, -0.2) is 13.5 Å². The number of nitrogens with zero attached hydrogens (tertiary/aromatic N) is 2. The zero-order valence-corrected chi connectivity index (χ0v) is 10.2. The van der Waals surface area contributed by atoms with Crippen molar-refractivity contribution < 1.29 is 4.21 Å². The Kier molecular flexibility index (Phi) is 3.56. The standard InChI is InChI=1S/C11H17N3OS/c1-16(15)14-6-4-9(5-7-14)10-2-3-11(12)13-8-10/h2-3,8-9H,4-7H2,1H3,(H2,12,13). The SMILES string of the molecule is CS(=O)N1CCC(c2ccc(N)nc2)CC1. The molecule has 88 valence electrons. The molecule has 0 saturated carbocycles. The molecule has 0 spiro atoms. The smallest absolute Gasteiger partial charge is 0.123 e. The van der Waals surface area contributed by atoms with Crippen molar-refractivity contribution in [1.82, 2.24) is 9.29 Å². The fourth-order valence-electron chi connectivity index (χ4n) is 2.10. The van der Waals surface area contributed by atoms with Crippen LogP contribution >= 0.6 is 0 Å². The summed E-state index contributed by atoms with van der Waals surface area (Å²) in [5.74, 6) is 1.10. The minimum absolute atomic E-state index is 0.535. The van der Waals surface area contributed by atoms with Crippen LogP contribution in [0.4, 0.5) is 5.82 Å². The average molecular weight is 239 g/mol. The van der Waals surface area contributed by atoms with Gasteiger partial charge in [0.1, 0.15) is 5.82 Å². The van der Waals surface area contributed by atoms with Crippen LogP contribution in [0.15, 0.2) is 18.3 Å². The molecule has 1 atom stereocenters. The maximum atomic E-state index is 11.3. The minimum Gasteiger partial charge on any atom is -0.384 e. The van der Waals surface area contributed by atoms with Gasteiger partial charge in [-0.05, 0) is 30.4 Å². The van der Waals surface area contributed by atoms with E-state index in [2.05, 4.69) is 4.98 Å². The van der Waals surface area contributed by atoms with E-state index in [4.69, 9.17) is 5.73 Å². The molecule has 1 fully saturated rings. The van der Waals surface area contributed by atoms with E-state index in [0.717, 1.165) is 25.9 Å². The fraction of sp³-hybridized carbons (Fsp3) is 0.545. The lowest BCUT2D eigenvalue weighted by molar-refractivity contribution is 0.335. The van der Waals surface area contributed by atoms with E-state index in [-0.39, 0.29) is 0 Å². The van der Waals surface area contributed by atoms with Crippen LogP contribution in [0.1, 0.15) is 24.3 Å². The van der Waals surface area contributed by atoms with Crippen molar-refractivity contribution in [2.24, 2.45) is 0 Å². The van der Waals surface area contributed by atoms with Crippen LogP contribution in [0.3, 0.4) is 0 Å². The number of aromatic nitrogens is 1. The third-order valence-electron chi connectivity index (χ3n) is 3.10. The van der Waals surface area contributed by atoms with Crippen molar-refractivity contribution in [2.75, 3.05) is 25.1 Å². The molecule has 1 aliphatic heterocycles. The van der Waals surface area contributed by atoms with Crippen molar-refractivity contribution in [1.29, 1.82) is 0 Å². The second-order valence-electron chi connectivity index (χ2n) is 4.14. The summed E-state index contributed by atoms with van der Waals surface area (Å²) in [5.41, 5.74) is 6.80. The Hall–Kier alpha value is -0.940. The predicted octanol–water partition coefficient (Wildman–Crippen LogP) is 1.14. The number of rotatable bonds is 2. The van der Waals surface area contributed by atoms with Gasteiger partial charge in [-0.1, -0.05) is 6.07 Å². The van der Waals surface area contributed by atoms with Crippen molar-refractivity contribution in [3.8, 4) is 0 Å². The van der Waals surface area contributed by atoms with Crippen LogP contribution in [0.25, 0.3) is 0 Å². The average Bonchev–Trinajstić information content (AvgIpc) is 2.30. The molecule has 16 heavy (non-hydrogen) atoms. The van der Waals surface area contributed by atoms with Crippen LogP contribution in [0, 0.1) is 0 Å². The Morgan fingerprint density at radius 2 is 2.12 bits per heavy atom. The summed E-state index contributed by atoms with van der Waals surface area (Å²) in [6, 6.07) is 3.89. The van der Waals surface area contributed by atoms with Gasteiger partial charge in [0.15, 0.2) is 0 Å². The van der Waals surface area contributed by atoms with E-state index in [1.54, 1.807) is 6.26 Å². The zero-order chi connectivity index (χ0) is 11.5. The Bertz CT molecular complexity index is 371. The van der Waals surface area contributed by atoms with Gasteiger partial charge in [-0.15, -0.1) is 0 Å². The Labute approximate surface area is 98.4 Å². The molecule has 0 aliphatic carbocycles. The van der Waals surface area contributed by atoms with E-state index in [0.29, 0.717) is 11.7 Å². The highest BCUT2D eigenvalue weighted by atomic mass is 32.2. The molecule has 0 aromatic carbocycles. The van der Waals surface area contributed by atoms with E-state index < -0.39 is 11.0 Å². The van der Waals surface area contributed by atoms with Gasteiger partial charge in [0.2, 0.25) is 0 Å². The molecule has 1 aromatic heterocycles. The van der Waals surface area contributed by atoms with Crippen molar-refractivity contribution >= 4 is 16.8 Å².